The fourth-order valence-electron chi connectivity index (χ4n) is 1.68. The molecule has 0 bridgehead atoms. The highest BCUT2D eigenvalue weighted by atomic mass is 79.9. The lowest BCUT2D eigenvalue weighted by Gasteiger charge is -2.31. The third-order valence-electron chi connectivity index (χ3n) is 2.50. The van der Waals surface area contributed by atoms with Crippen LogP contribution in [-0.4, -0.2) is 25.2 Å². The van der Waals surface area contributed by atoms with E-state index in [-0.39, 0.29) is 11.7 Å². The van der Waals surface area contributed by atoms with Gasteiger partial charge >= 0.3 is 0 Å². The van der Waals surface area contributed by atoms with E-state index in [9.17, 15) is 0 Å². The molecule has 1 aromatic carbocycles. The number of hydrogen-bond donors (Lipinski definition) is 0. The van der Waals surface area contributed by atoms with Gasteiger partial charge in [-0.25, -0.2) is 0 Å². The Morgan fingerprint density at radius 2 is 1.94 bits per heavy atom. The predicted octanol–water partition coefficient (Wildman–Crippen LogP) is 3.35. The lowest BCUT2D eigenvalue weighted by atomic mass is 9.98. The number of ether oxygens (including phenoxy) is 2. The third kappa shape index (κ3) is 3.58. The first kappa shape index (κ1) is 13.7. The molecule has 0 amide bonds. The average molecular weight is 287 g/mol. The molecule has 1 aromatic rings. The predicted molar refractivity (Wildman–Crippen MR) is 70.0 cm³/mol. The zero-order valence-electron chi connectivity index (χ0n) is 10.1. The van der Waals surface area contributed by atoms with Gasteiger partial charge in [-0.15, -0.1) is 0 Å². The van der Waals surface area contributed by atoms with E-state index in [0.717, 1.165) is 5.33 Å². The van der Waals surface area contributed by atoms with Gasteiger partial charge < -0.3 is 9.47 Å². The maximum Gasteiger partial charge on any atom is 0.100 e. The highest BCUT2D eigenvalue weighted by Gasteiger charge is 2.28. The molecule has 0 aliphatic rings. The number of rotatable bonds is 6. The van der Waals surface area contributed by atoms with E-state index < -0.39 is 0 Å². The molecule has 0 aliphatic carbocycles. The Morgan fingerprint density at radius 1 is 1.31 bits per heavy atom. The molecular formula is C13H19BrO2. The smallest absolute Gasteiger partial charge is 0.100 e. The van der Waals surface area contributed by atoms with Crippen molar-refractivity contribution in [3.05, 3.63) is 35.9 Å². The van der Waals surface area contributed by atoms with Crippen LogP contribution in [0.3, 0.4) is 0 Å². The molecule has 0 fully saturated rings. The van der Waals surface area contributed by atoms with Crippen LogP contribution in [0.2, 0.25) is 0 Å². The van der Waals surface area contributed by atoms with E-state index in [4.69, 9.17) is 9.47 Å². The number of halogens is 1. The minimum Gasteiger partial charge on any atom is -0.382 e. The van der Waals surface area contributed by atoms with Gasteiger partial charge in [0.25, 0.3) is 0 Å². The lowest BCUT2D eigenvalue weighted by Crippen LogP contribution is -2.33. The molecule has 0 saturated heterocycles. The Labute approximate surface area is 106 Å². The second kappa shape index (κ2) is 6.38. The Bertz CT molecular complexity index is 302. The van der Waals surface area contributed by atoms with Crippen molar-refractivity contribution in [3.63, 3.8) is 0 Å². The van der Waals surface area contributed by atoms with Gasteiger partial charge in [0.1, 0.15) is 5.60 Å². The first-order valence-electron chi connectivity index (χ1n) is 5.40. The van der Waals surface area contributed by atoms with Crippen LogP contribution in [0.25, 0.3) is 0 Å². The molecule has 0 N–H and O–H groups in total. The van der Waals surface area contributed by atoms with Crippen molar-refractivity contribution in [1.82, 2.24) is 0 Å². The van der Waals surface area contributed by atoms with Crippen LogP contribution < -0.4 is 0 Å². The molecular weight excluding hydrogens is 268 g/mol. The van der Waals surface area contributed by atoms with E-state index in [1.165, 1.54) is 5.56 Å². The van der Waals surface area contributed by atoms with Crippen molar-refractivity contribution in [2.45, 2.75) is 25.6 Å². The summed E-state index contributed by atoms with van der Waals surface area (Å²) in [4.78, 5) is 0. The van der Waals surface area contributed by atoms with Crippen LogP contribution >= 0.6 is 15.9 Å². The fourth-order valence-corrected chi connectivity index (χ4v) is 2.14. The summed E-state index contributed by atoms with van der Waals surface area (Å²) in [6.07, 6.45) is 0.0766. The quantitative estimate of drug-likeness (QED) is 0.747. The van der Waals surface area contributed by atoms with Crippen LogP contribution in [0.5, 0.6) is 0 Å². The minimum atomic E-state index is -0.306. The molecule has 2 unspecified atom stereocenters. The molecule has 0 saturated carbocycles. The summed E-state index contributed by atoms with van der Waals surface area (Å²) in [6.45, 7) is 4.71. The summed E-state index contributed by atoms with van der Waals surface area (Å²) in [6, 6.07) is 10.2. The second-order valence-electron chi connectivity index (χ2n) is 4.11. The highest BCUT2D eigenvalue weighted by Crippen LogP contribution is 2.28. The van der Waals surface area contributed by atoms with Gasteiger partial charge in [0.2, 0.25) is 0 Å². The Kier molecular flexibility index (Phi) is 5.46. The third-order valence-corrected chi connectivity index (χ3v) is 3.57. The monoisotopic (exact) mass is 286 g/mol. The number of methoxy groups -OCH3 is 1. The molecule has 0 aliphatic heterocycles. The van der Waals surface area contributed by atoms with Crippen molar-refractivity contribution in [2.24, 2.45) is 0 Å². The first-order chi connectivity index (χ1) is 7.62. The summed E-state index contributed by atoms with van der Waals surface area (Å²) in [5, 5.41) is 0.762. The molecule has 0 radical (unpaired) electrons. The topological polar surface area (TPSA) is 18.5 Å². The molecule has 16 heavy (non-hydrogen) atoms. The Hall–Kier alpha value is -0.380. The largest absolute Gasteiger partial charge is 0.382 e. The number of benzene rings is 1. The standard InChI is InChI=1S/C13H19BrO2/c1-11(9-15-3)16-13(2,10-14)12-7-5-4-6-8-12/h4-8,11H,9-10H2,1-3H3. The van der Waals surface area contributed by atoms with E-state index in [1.54, 1.807) is 7.11 Å². The van der Waals surface area contributed by atoms with Crippen LogP contribution in [0.1, 0.15) is 19.4 Å². The van der Waals surface area contributed by atoms with E-state index in [2.05, 4.69) is 35.0 Å². The molecule has 1 rings (SSSR count). The van der Waals surface area contributed by atoms with Gasteiger partial charge in [-0.05, 0) is 19.4 Å². The second-order valence-corrected chi connectivity index (χ2v) is 4.68. The highest BCUT2D eigenvalue weighted by molar-refractivity contribution is 9.09. The van der Waals surface area contributed by atoms with Crippen molar-refractivity contribution >= 4 is 15.9 Å². The zero-order chi connectivity index (χ0) is 12.0. The zero-order valence-corrected chi connectivity index (χ0v) is 11.7. The Morgan fingerprint density at radius 3 is 2.44 bits per heavy atom. The number of hydrogen-bond acceptors (Lipinski definition) is 2. The lowest BCUT2D eigenvalue weighted by molar-refractivity contribution is -0.0884. The maximum atomic E-state index is 6.04. The van der Waals surface area contributed by atoms with Gasteiger partial charge in [0.15, 0.2) is 0 Å². The van der Waals surface area contributed by atoms with Crippen molar-refractivity contribution in [2.75, 3.05) is 19.0 Å². The van der Waals surface area contributed by atoms with Gasteiger partial charge in [-0.2, -0.15) is 0 Å². The van der Waals surface area contributed by atoms with Crippen molar-refractivity contribution in [1.29, 1.82) is 0 Å². The van der Waals surface area contributed by atoms with Gasteiger partial charge in [0, 0.05) is 12.4 Å². The molecule has 90 valence electrons. The molecule has 0 spiro atoms. The maximum absolute atomic E-state index is 6.04. The van der Waals surface area contributed by atoms with Crippen LogP contribution in [-0.2, 0) is 15.1 Å². The molecule has 0 heterocycles. The molecule has 0 aromatic heterocycles. The van der Waals surface area contributed by atoms with Crippen LogP contribution in [0.4, 0.5) is 0 Å². The van der Waals surface area contributed by atoms with Crippen molar-refractivity contribution < 1.29 is 9.47 Å². The first-order valence-corrected chi connectivity index (χ1v) is 6.53. The summed E-state index contributed by atoms with van der Waals surface area (Å²) in [5.74, 6) is 0. The Balaban J connectivity index is 2.78. The van der Waals surface area contributed by atoms with E-state index >= 15 is 0 Å². The number of alkyl halides is 1. The fraction of sp³-hybridized carbons (Fsp3) is 0.538. The van der Waals surface area contributed by atoms with Crippen LogP contribution in [0, 0.1) is 0 Å². The average Bonchev–Trinajstić information content (AvgIpc) is 2.30. The SMILES string of the molecule is COCC(C)OC(C)(CBr)c1ccccc1. The van der Waals surface area contributed by atoms with Gasteiger partial charge in [0.05, 0.1) is 12.7 Å². The molecule has 2 nitrogen and oxygen atoms in total. The molecule has 2 atom stereocenters. The summed E-state index contributed by atoms with van der Waals surface area (Å²) >= 11 is 3.52. The van der Waals surface area contributed by atoms with Crippen LogP contribution in [0.15, 0.2) is 30.3 Å². The van der Waals surface area contributed by atoms with Crippen molar-refractivity contribution in [3.8, 4) is 0 Å². The summed E-state index contributed by atoms with van der Waals surface area (Å²) in [5.41, 5.74) is 0.869. The van der Waals surface area contributed by atoms with Gasteiger partial charge in [-0.1, -0.05) is 46.3 Å². The summed E-state index contributed by atoms with van der Waals surface area (Å²) in [7, 11) is 1.69. The normalized spacial score (nSPS) is 16.8. The van der Waals surface area contributed by atoms with E-state index in [0.29, 0.717) is 6.61 Å². The minimum absolute atomic E-state index is 0.0766. The summed E-state index contributed by atoms with van der Waals surface area (Å²) < 4.78 is 11.1. The molecule has 3 heteroatoms. The van der Waals surface area contributed by atoms with E-state index in [1.807, 2.05) is 25.1 Å². The van der Waals surface area contributed by atoms with Gasteiger partial charge in [-0.3, -0.25) is 0 Å².